The third-order valence-electron chi connectivity index (χ3n) is 5.02. The topological polar surface area (TPSA) is 104 Å². The number of nitrogens with one attached hydrogen (secondary N) is 1. The van der Waals surface area contributed by atoms with Gasteiger partial charge in [-0.15, -0.1) is 0 Å². The van der Waals surface area contributed by atoms with Crippen LogP contribution in [0.3, 0.4) is 0 Å². The molecule has 0 heterocycles. The molecule has 3 rings (SSSR count). The van der Waals surface area contributed by atoms with Gasteiger partial charge < -0.3 is 15.5 Å². The summed E-state index contributed by atoms with van der Waals surface area (Å²) in [6.45, 7) is 1.10. The Hall–Kier alpha value is -2.71. The minimum absolute atomic E-state index is 0.0485. The van der Waals surface area contributed by atoms with E-state index < -0.39 is 21.9 Å². The number of carbonyl (C=O) groups is 1. The van der Waals surface area contributed by atoms with Gasteiger partial charge in [-0.3, -0.25) is 0 Å². The van der Waals surface area contributed by atoms with Crippen molar-refractivity contribution in [2.24, 2.45) is 0 Å². The van der Waals surface area contributed by atoms with Crippen LogP contribution in [0.15, 0.2) is 82.6 Å². The monoisotopic (exact) mass is 473 g/mol. The minimum Gasteiger partial charge on any atom is -0.478 e. The number of sulfone groups is 1. The van der Waals surface area contributed by atoms with Crippen LogP contribution in [0.5, 0.6) is 0 Å². The van der Waals surface area contributed by atoms with Gasteiger partial charge in [-0.25, -0.2) is 13.2 Å². The molecule has 0 spiro atoms. The number of rotatable bonds is 10. The number of aliphatic hydroxyl groups excluding tert-OH is 1. The zero-order valence-electron chi connectivity index (χ0n) is 17.2. The van der Waals surface area contributed by atoms with Crippen LogP contribution in [0, 0.1) is 0 Å². The number of halogens is 1. The number of aliphatic hydroxyl groups is 1. The molecular formula is C24H24ClNO5S. The maximum absolute atomic E-state index is 12.8. The number of hydrogen-bond acceptors (Lipinski definition) is 5. The van der Waals surface area contributed by atoms with E-state index >= 15 is 0 Å². The van der Waals surface area contributed by atoms with E-state index in [9.17, 15) is 18.3 Å². The smallest absolute Gasteiger partial charge is 0.335 e. The number of carboxylic acids is 1. The summed E-state index contributed by atoms with van der Waals surface area (Å²) in [4.78, 5) is 11.2. The molecule has 0 radical (unpaired) electrons. The number of benzene rings is 3. The van der Waals surface area contributed by atoms with Gasteiger partial charge in [0, 0.05) is 11.6 Å². The van der Waals surface area contributed by atoms with E-state index in [0.29, 0.717) is 18.1 Å². The molecular weight excluding hydrogens is 450 g/mol. The lowest BCUT2D eigenvalue weighted by atomic mass is 10.1. The molecule has 0 saturated heterocycles. The van der Waals surface area contributed by atoms with Gasteiger partial charge in [-0.2, -0.15) is 0 Å². The van der Waals surface area contributed by atoms with Crippen molar-refractivity contribution in [3.63, 3.8) is 0 Å². The van der Waals surface area contributed by atoms with E-state index in [1.807, 2.05) is 6.07 Å². The third-order valence-corrected chi connectivity index (χ3v) is 7.02. The molecule has 0 aliphatic carbocycles. The van der Waals surface area contributed by atoms with Crippen LogP contribution < -0.4 is 5.32 Å². The Morgan fingerprint density at radius 2 is 1.69 bits per heavy atom. The highest BCUT2D eigenvalue weighted by atomic mass is 35.5. The second kappa shape index (κ2) is 10.7. The van der Waals surface area contributed by atoms with Crippen LogP contribution in [-0.2, 0) is 16.3 Å². The van der Waals surface area contributed by atoms with E-state index in [0.717, 1.165) is 30.0 Å². The fraction of sp³-hybridized carbons (Fsp3) is 0.208. The van der Waals surface area contributed by atoms with Crippen molar-refractivity contribution >= 4 is 27.4 Å². The van der Waals surface area contributed by atoms with Gasteiger partial charge in [0.05, 0.1) is 21.5 Å². The van der Waals surface area contributed by atoms with Gasteiger partial charge >= 0.3 is 5.97 Å². The quantitative estimate of drug-likeness (QED) is 0.382. The Kier molecular flexibility index (Phi) is 8.04. The van der Waals surface area contributed by atoms with Gasteiger partial charge in [0.2, 0.25) is 9.84 Å². The summed E-state index contributed by atoms with van der Waals surface area (Å²) in [5.41, 5.74) is 1.67. The average Bonchev–Trinajstić information content (AvgIpc) is 2.79. The number of aryl methyl sites for hydroxylation is 1. The van der Waals surface area contributed by atoms with Crippen molar-refractivity contribution in [1.29, 1.82) is 0 Å². The van der Waals surface area contributed by atoms with E-state index in [4.69, 9.17) is 16.7 Å². The molecule has 1 atom stereocenters. The van der Waals surface area contributed by atoms with Crippen molar-refractivity contribution < 1.29 is 23.4 Å². The molecule has 3 aromatic carbocycles. The molecule has 0 saturated carbocycles. The van der Waals surface area contributed by atoms with Gasteiger partial charge in [-0.1, -0.05) is 41.9 Å². The molecule has 0 unspecified atom stereocenters. The highest BCUT2D eigenvalue weighted by Gasteiger charge is 2.19. The first-order chi connectivity index (χ1) is 15.3. The van der Waals surface area contributed by atoms with E-state index in [-0.39, 0.29) is 15.4 Å². The van der Waals surface area contributed by atoms with Crippen molar-refractivity contribution in [3.05, 3.63) is 94.5 Å². The number of aromatic carboxylic acids is 1. The molecule has 0 fully saturated rings. The average molecular weight is 474 g/mol. The maximum atomic E-state index is 12.8. The van der Waals surface area contributed by atoms with Crippen molar-refractivity contribution in [2.45, 2.75) is 28.7 Å². The molecule has 6 nitrogen and oxygen atoms in total. The Morgan fingerprint density at radius 3 is 2.38 bits per heavy atom. The first-order valence-corrected chi connectivity index (χ1v) is 11.9. The van der Waals surface area contributed by atoms with Crippen LogP contribution in [0.2, 0.25) is 5.02 Å². The summed E-state index contributed by atoms with van der Waals surface area (Å²) in [7, 11) is -3.79. The largest absolute Gasteiger partial charge is 0.478 e. The van der Waals surface area contributed by atoms with Crippen LogP contribution >= 0.6 is 11.6 Å². The summed E-state index contributed by atoms with van der Waals surface area (Å²) in [5, 5.41) is 23.1. The zero-order valence-corrected chi connectivity index (χ0v) is 18.8. The summed E-state index contributed by atoms with van der Waals surface area (Å²) in [6.07, 6.45) is 0.919. The standard InChI is InChI=1S/C24H24ClNO5S/c25-20-7-1-5-18(14-20)23(27)16-26-13-3-4-17-9-11-21(12-10-17)32(30,31)22-8-2-6-19(15-22)24(28)29/h1-2,5-12,14-15,23,26-27H,3-4,13,16H2,(H,28,29)/t23-/m0/s1. The van der Waals surface area contributed by atoms with Crippen molar-refractivity contribution in [3.8, 4) is 0 Å². The van der Waals surface area contributed by atoms with Crippen molar-refractivity contribution in [1.82, 2.24) is 5.32 Å². The van der Waals surface area contributed by atoms with Gasteiger partial charge in [0.1, 0.15) is 0 Å². The van der Waals surface area contributed by atoms with Crippen LogP contribution in [0.25, 0.3) is 0 Å². The second-order valence-corrected chi connectivity index (χ2v) is 9.74. The fourth-order valence-electron chi connectivity index (χ4n) is 3.26. The fourth-order valence-corrected chi connectivity index (χ4v) is 4.76. The van der Waals surface area contributed by atoms with E-state index in [1.54, 1.807) is 30.3 Å². The normalized spacial score (nSPS) is 12.4. The molecule has 0 bridgehead atoms. The predicted molar refractivity (Wildman–Crippen MR) is 123 cm³/mol. The zero-order chi connectivity index (χ0) is 23.1. The lowest BCUT2D eigenvalue weighted by Crippen LogP contribution is -2.22. The molecule has 0 amide bonds. The van der Waals surface area contributed by atoms with Gasteiger partial charge in [0.25, 0.3) is 0 Å². The predicted octanol–water partition coefficient (Wildman–Crippen LogP) is 4.13. The maximum Gasteiger partial charge on any atom is 0.335 e. The van der Waals surface area contributed by atoms with E-state index in [2.05, 4.69) is 5.32 Å². The molecule has 0 aliphatic heterocycles. The second-order valence-electron chi connectivity index (χ2n) is 7.36. The van der Waals surface area contributed by atoms with Crippen LogP contribution in [0.1, 0.15) is 34.0 Å². The molecule has 0 aromatic heterocycles. The molecule has 3 aromatic rings. The lowest BCUT2D eigenvalue weighted by molar-refractivity contribution is 0.0696. The van der Waals surface area contributed by atoms with Crippen LogP contribution in [0.4, 0.5) is 0 Å². The minimum atomic E-state index is -3.79. The first-order valence-electron chi connectivity index (χ1n) is 10.1. The van der Waals surface area contributed by atoms with E-state index in [1.165, 1.54) is 30.3 Å². The number of hydrogen-bond donors (Lipinski definition) is 3. The van der Waals surface area contributed by atoms with Crippen LogP contribution in [-0.4, -0.2) is 37.7 Å². The van der Waals surface area contributed by atoms with Gasteiger partial charge in [-0.05, 0) is 73.0 Å². The Labute approximate surface area is 192 Å². The molecule has 168 valence electrons. The summed E-state index contributed by atoms with van der Waals surface area (Å²) < 4.78 is 25.6. The molecule has 3 N–H and O–H groups in total. The third kappa shape index (κ3) is 6.17. The molecule has 32 heavy (non-hydrogen) atoms. The number of carboxylic acid groups (broad SMARTS) is 1. The molecule has 8 heteroatoms. The first kappa shape index (κ1) is 23.9. The Morgan fingerprint density at radius 1 is 0.969 bits per heavy atom. The van der Waals surface area contributed by atoms with Crippen molar-refractivity contribution in [2.75, 3.05) is 13.1 Å². The molecule has 0 aliphatic rings. The van der Waals surface area contributed by atoms with Gasteiger partial charge in [0.15, 0.2) is 0 Å². The highest BCUT2D eigenvalue weighted by molar-refractivity contribution is 7.91. The SMILES string of the molecule is O=C(O)c1cccc(S(=O)(=O)c2ccc(CCCNC[C@H](O)c3cccc(Cl)c3)cc2)c1. The Bertz CT molecular complexity index is 1180. The summed E-state index contributed by atoms with van der Waals surface area (Å²) in [6, 6.07) is 19.0. The Balaban J connectivity index is 1.51. The highest BCUT2D eigenvalue weighted by Crippen LogP contribution is 2.22. The summed E-state index contributed by atoms with van der Waals surface area (Å²) in [5.74, 6) is -1.17. The lowest BCUT2D eigenvalue weighted by Gasteiger charge is -2.12. The summed E-state index contributed by atoms with van der Waals surface area (Å²) >= 11 is 5.94.